The summed E-state index contributed by atoms with van der Waals surface area (Å²) in [4.78, 5) is 2.50. The van der Waals surface area contributed by atoms with Crippen molar-refractivity contribution in [2.24, 2.45) is 5.41 Å². The van der Waals surface area contributed by atoms with Gasteiger partial charge in [0.2, 0.25) is 0 Å². The maximum atomic E-state index is 5.53. The molecule has 0 unspecified atom stereocenters. The molecule has 1 saturated heterocycles. The Balaban J connectivity index is 2.13. The fraction of sp³-hybridized carbons (Fsp3) is 0.647. The molecule has 0 atom stereocenters. The first kappa shape index (κ1) is 15.3. The fourth-order valence-electron chi connectivity index (χ4n) is 2.79. The first-order chi connectivity index (χ1) is 9.48. The van der Waals surface area contributed by atoms with E-state index in [0.29, 0.717) is 5.41 Å². The van der Waals surface area contributed by atoms with Gasteiger partial charge in [-0.3, -0.25) is 4.90 Å². The van der Waals surface area contributed by atoms with Crippen LogP contribution in [0.3, 0.4) is 0 Å². The van der Waals surface area contributed by atoms with E-state index in [-0.39, 0.29) is 0 Å². The van der Waals surface area contributed by atoms with Crippen LogP contribution in [0.4, 0.5) is 0 Å². The lowest BCUT2D eigenvalue weighted by molar-refractivity contribution is 0.230. The summed E-state index contributed by atoms with van der Waals surface area (Å²) in [5.74, 6) is 1.01. The second kappa shape index (κ2) is 6.59. The minimum atomic E-state index is 0.320. The Morgan fingerprint density at radius 1 is 1.20 bits per heavy atom. The Morgan fingerprint density at radius 3 is 2.50 bits per heavy atom. The molecule has 1 fully saturated rings. The van der Waals surface area contributed by atoms with Gasteiger partial charge in [0.05, 0.1) is 7.11 Å². The Hall–Kier alpha value is -1.06. The van der Waals surface area contributed by atoms with Gasteiger partial charge in [0.25, 0.3) is 0 Å². The molecule has 1 aliphatic heterocycles. The topological polar surface area (TPSA) is 24.5 Å². The first-order valence-electron chi connectivity index (χ1n) is 7.57. The largest absolute Gasteiger partial charge is 0.496 e. The average molecular weight is 276 g/mol. The zero-order valence-corrected chi connectivity index (χ0v) is 13.3. The molecule has 0 amide bonds. The van der Waals surface area contributed by atoms with Crippen LogP contribution in [0.15, 0.2) is 18.2 Å². The molecular weight excluding hydrogens is 248 g/mol. The highest BCUT2D eigenvalue weighted by Crippen LogP contribution is 2.26. The number of hydrogen-bond acceptors (Lipinski definition) is 3. The van der Waals surface area contributed by atoms with Crippen LogP contribution in [0.25, 0.3) is 0 Å². The quantitative estimate of drug-likeness (QED) is 0.915. The second-order valence-corrected chi connectivity index (χ2v) is 6.91. The lowest BCUT2D eigenvalue weighted by atomic mass is 9.87. The molecule has 3 heteroatoms. The molecule has 112 valence electrons. The summed E-state index contributed by atoms with van der Waals surface area (Å²) >= 11 is 0. The van der Waals surface area contributed by atoms with Crippen molar-refractivity contribution in [3.8, 4) is 5.75 Å². The predicted octanol–water partition coefficient (Wildman–Crippen LogP) is 2.69. The van der Waals surface area contributed by atoms with Gasteiger partial charge in [-0.25, -0.2) is 0 Å². The Labute approximate surface area is 123 Å². The lowest BCUT2D eigenvalue weighted by Crippen LogP contribution is -2.42. The first-order valence-corrected chi connectivity index (χ1v) is 7.57. The van der Waals surface area contributed by atoms with Crippen LogP contribution in [0.1, 0.15) is 31.9 Å². The summed E-state index contributed by atoms with van der Waals surface area (Å²) in [5, 5.41) is 3.40. The molecule has 1 N–H and O–H groups in total. The summed E-state index contributed by atoms with van der Waals surface area (Å²) in [7, 11) is 1.76. The summed E-state index contributed by atoms with van der Waals surface area (Å²) in [6.45, 7) is 12.3. The molecule has 0 radical (unpaired) electrons. The molecule has 1 aliphatic rings. The summed E-state index contributed by atoms with van der Waals surface area (Å²) in [6, 6.07) is 6.65. The normalized spacial score (nSPS) is 17.2. The molecule has 1 aromatic carbocycles. The molecule has 1 aromatic rings. The number of rotatable bonds is 4. The Kier molecular flexibility index (Phi) is 5.06. The van der Waals surface area contributed by atoms with Crippen LogP contribution in [0.2, 0.25) is 0 Å². The van der Waals surface area contributed by atoms with Gasteiger partial charge in [-0.15, -0.1) is 0 Å². The summed E-state index contributed by atoms with van der Waals surface area (Å²) in [5.41, 5.74) is 3.04. The van der Waals surface area contributed by atoms with Crippen molar-refractivity contribution in [3.05, 3.63) is 29.3 Å². The fourth-order valence-corrected chi connectivity index (χ4v) is 2.79. The van der Waals surface area contributed by atoms with Crippen LogP contribution in [-0.4, -0.2) is 38.2 Å². The van der Waals surface area contributed by atoms with E-state index >= 15 is 0 Å². The van der Waals surface area contributed by atoms with Crippen LogP contribution in [0, 0.1) is 5.41 Å². The van der Waals surface area contributed by atoms with Crippen molar-refractivity contribution < 1.29 is 4.74 Å². The second-order valence-electron chi connectivity index (χ2n) is 6.91. The molecule has 3 nitrogen and oxygen atoms in total. The monoisotopic (exact) mass is 276 g/mol. The standard InChI is InChI=1S/C17H28N2O/c1-17(2,3)12-14-5-6-16(20-4)15(11-14)13-19-9-7-18-8-10-19/h5-6,11,18H,7-10,12-13H2,1-4H3. The highest BCUT2D eigenvalue weighted by Gasteiger charge is 2.16. The van der Waals surface area contributed by atoms with Crippen molar-refractivity contribution in [2.45, 2.75) is 33.7 Å². The Bertz CT molecular complexity index is 431. The maximum absolute atomic E-state index is 5.53. The number of hydrogen-bond donors (Lipinski definition) is 1. The highest BCUT2D eigenvalue weighted by molar-refractivity contribution is 5.37. The van der Waals surface area contributed by atoms with E-state index in [1.54, 1.807) is 7.11 Å². The molecule has 20 heavy (non-hydrogen) atoms. The molecule has 0 saturated carbocycles. The van der Waals surface area contributed by atoms with Gasteiger partial charge in [-0.05, 0) is 23.5 Å². The third-order valence-corrected chi connectivity index (χ3v) is 3.68. The van der Waals surface area contributed by atoms with Gasteiger partial charge in [-0.2, -0.15) is 0 Å². The van der Waals surface area contributed by atoms with Crippen LogP contribution < -0.4 is 10.1 Å². The van der Waals surface area contributed by atoms with Gasteiger partial charge in [0, 0.05) is 38.3 Å². The van der Waals surface area contributed by atoms with Crippen LogP contribution in [0.5, 0.6) is 5.75 Å². The maximum Gasteiger partial charge on any atom is 0.123 e. The van der Waals surface area contributed by atoms with Crippen molar-refractivity contribution in [1.82, 2.24) is 10.2 Å². The van der Waals surface area contributed by atoms with Crippen LogP contribution >= 0.6 is 0 Å². The number of methoxy groups -OCH3 is 1. The zero-order chi connectivity index (χ0) is 14.6. The number of nitrogens with zero attached hydrogens (tertiary/aromatic N) is 1. The highest BCUT2D eigenvalue weighted by atomic mass is 16.5. The molecule has 0 aromatic heterocycles. The third kappa shape index (κ3) is 4.50. The number of benzene rings is 1. The van der Waals surface area contributed by atoms with E-state index in [2.05, 4.69) is 49.2 Å². The summed E-state index contributed by atoms with van der Waals surface area (Å²) < 4.78 is 5.53. The zero-order valence-electron chi connectivity index (χ0n) is 13.3. The predicted molar refractivity (Wildman–Crippen MR) is 84.3 cm³/mol. The number of piperazine rings is 1. The van der Waals surface area contributed by atoms with Crippen molar-refractivity contribution in [1.29, 1.82) is 0 Å². The number of nitrogens with one attached hydrogen (secondary N) is 1. The van der Waals surface area contributed by atoms with Crippen molar-refractivity contribution >= 4 is 0 Å². The van der Waals surface area contributed by atoms with Crippen molar-refractivity contribution in [3.63, 3.8) is 0 Å². The van der Waals surface area contributed by atoms with E-state index in [4.69, 9.17) is 4.74 Å². The van der Waals surface area contributed by atoms with Gasteiger partial charge in [-0.1, -0.05) is 32.9 Å². The molecular formula is C17H28N2O. The number of ether oxygens (including phenoxy) is 1. The van der Waals surface area contributed by atoms with E-state index < -0.39 is 0 Å². The van der Waals surface area contributed by atoms with E-state index in [1.165, 1.54) is 11.1 Å². The molecule has 0 aliphatic carbocycles. The van der Waals surface area contributed by atoms with Crippen molar-refractivity contribution in [2.75, 3.05) is 33.3 Å². The van der Waals surface area contributed by atoms with Gasteiger partial charge < -0.3 is 10.1 Å². The van der Waals surface area contributed by atoms with Gasteiger partial charge >= 0.3 is 0 Å². The van der Waals surface area contributed by atoms with Gasteiger partial charge in [0.1, 0.15) is 5.75 Å². The average Bonchev–Trinajstić information content (AvgIpc) is 2.38. The minimum Gasteiger partial charge on any atom is -0.496 e. The van der Waals surface area contributed by atoms with Gasteiger partial charge in [0.15, 0.2) is 0 Å². The van der Waals surface area contributed by atoms with E-state index in [1.807, 2.05) is 0 Å². The summed E-state index contributed by atoms with van der Waals surface area (Å²) in [6.07, 6.45) is 1.10. The molecule has 1 heterocycles. The lowest BCUT2D eigenvalue weighted by Gasteiger charge is -2.28. The molecule has 0 spiro atoms. The van der Waals surface area contributed by atoms with E-state index in [0.717, 1.165) is 44.9 Å². The third-order valence-electron chi connectivity index (χ3n) is 3.68. The minimum absolute atomic E-state index is 0.320. The van der Waals surface area contributed by atoms with Crippen LogP contribution in [-0.2, 0) is 13.0 Å². The Morgan fingerprint density at radius 2 is 1.90 bits per heavy atom. The van der Waals surface area contributed by atoms with E-state index in [9.17, 15) is 0 Å². The smallest absolute Gasteiger partial charge is 0.123 e. The molecule has 2 rings (SSSR count). The molecule has 0 bridgehead atoms. The SMILES string of the molecule is COc1ccc(CC(C)(C)C)cc1CN1CCNCC1.